The molecule has 1 heterocycles. The van der Waals surface area contributed by atoms with Crippen LogP contribution in [-0.2, 0) is 20.4 Å². The monoisotopic (exact) mass is 366 g/mol. The second-order valence-corrected chi connectivity index (χ2v) is 5.42. The number of carbonyl (C=O) groups is 1. The number of rotatable bonds is 4. The molecule has 138 valence electrons. The molecule has 1 aromatic carbocycles. The van der Waals surface area contributed by atoms with Crippen molar-refractivity contribution in [3.63, 3.8) is 0 Å². The number of carbonyl (C=O) groups excluding carboxylic acids is 1. The van der Waals surface area contributed by atoms with Crippen LogP contribution in [0.3, 0.4) is 0 Å². The van der Waals surface area contributed by atoms with Gasteiger partial charge in [-0.25, -0.2) is 4.79 Å². The predicted molar refractivity (Wildman–Crippen MR) is 86.0 cm³/mol. The second kappa shape index (κ2) is 7.52. The first kappa shape index (κ1) is 19.4. The Morgan fingerprint density at radius 1 is 1.35 bits per heavy atom. The number of hydrogen-bond acceptors (Lipinski definition) is 5. The first-order valence-corrected chi connectivity index (χ1v) is 7.90. The molecule has 26 heavy (non-hydrogen) atoms. The van der Waals surface area contributed by atoms with Gasteiger partial charge in [0.25, 0.3) is 0 Å². The van der Waals surface area contributed by atoms with Gasteiger partial charge in [0.05, 0.1) is 23.7 Å². The molecule has 1 aliphatic rings. The topological polar surface area (TPSA) is 85.3 Å². The van der Waals surface area contributed by atoms with Crippen LogP contribution in [-0.4, -0.2) is 12.6 Å². The Bertz CT molecular complexity index is 820. The molecule has 0 bridgehead atoms. The smallest absolute Gasteiger partial charge is 0.416 e. The summed E-state index contributed by atoms with van der Waals surface area (Å²) in [6.45, 7) is 3.25. The van der Waals surface area contributed by atoms with Gasteiger partial charge >= 0.3 is 12.1 Å². The predicted octanol–water partition coefficient (Wildman–Crippen LogP) is 3.74. The Kier molecular flexibility index (Phi) is 5.60. The standard InChI is InChI=1S/C18H17F3N2O3/c1-3-13-15(17(24)25-4-2)14(11(9-22)16(23)26-13)10-7-5-6-8-12(10)18(19,20)21/h5-8,14H,3-4,23H2,1-2H3/t14-/m1/s1. The van der Waals surface area contributed by atoms with Gasteiger partial charge in [-0.2, -0.15) is 18.4 Å². The van der Waals surface area contributed by atoms with E-state index in [4.69, 9.17) is 15.2 Å². The molecule has 0 saturated carbocycles. The third-order valence-corrected chi connectivity index (χ3v) is 3.89. The van der Waals surface area contributed by atoms with E-state index < -0.39 is 23.6 Å². The molecule has 5 nitrogen and oxygen atoms in total. The number of halogens is 3. The van der Waals surface area contributed by atoms with Crippen LogP contribution in [0.25, 0.3) is 0 Å². The molecule has 1 atom stereocenters. The van der Waals surface area contributed by atoms with Crippen molar-refractivity contribution >= 4 is 5.97 Å². The van der Waals surface area contributed by atoms with E-state index in [9.17, 15) is 23.2 Å². The number of ether oxygens (including phenoxy) is 2. The number of nitriles is 1. The van der Waals surface area contributed by atoms with Gasteiger partial charge in [0.1, 0.15) is 17.4 Å². The number of benzene rings is 1. The van der Waals surface area contributed by atoms with Crippen LogP contribution in [0, 0.1) is 11.3 Å². The van der Waals surface area contributed by atoms with Crippen LogP contribution in [0.2, 0.25) is 0 Å². The van der Waals surface area contributed by atoms with Crippen LogP contribution in [0.1, 0.15) is 37.3 Å². The second-order valence-electron chi connectivity index (χ2n) is 5.42. The summed E-state index contributed by atoms with van der Waals surface area (Å²) in [7, 11) is 0. The zero-order valence-electron chi connectivity index (χ0n) is 14.2. The van der Waals surface area contributed by atoms with Crippen molar-refractivity contribution in [2.24, 2.45) is 5.73 Å². The van der Waals surface area contributed by atoms with Gasteiger partial charge in [0, 0.05) is 6.42 Å². The van der Waals surface area contributed by atoms with Crippen molar-refractivity contribution in [3.05, 3.63) is 58.2 Å². The van der Waals surface area contributed by atoms with Gasteiger partial charge in [-0.3, -0.25) is 0 Å². The number of esters is 1. The minimum atomic E-state index is -4.67. The van der Waals surface area contributed by atoms with Gasteiger partial charge < -0.3 is 15.2 Å². The summed E-state index contributed by atoms with van der Waals surface area (Å²) in [5.41, 5.74) is 4.14. The van der Waals surface area contributed by atoms with Crippen LogP contribution >= 0.6 is 0 Å². The highest BCUT2D eigenvalue weighted by molar-refractivity contribution is 5.92. The molecule has 0 unspecified atom stereocenters. The maximum Gasteiger partial charge on any atom is 0.416 e. The molecule has 2 rings (SSSR count). The number of alkyl halides is 3. The Morgan fingerprint density at radius 2 is 2.00 bits per heavy atom. The molecule has 0 radical (unpaired) electrons. The number of nitrogens with zero attached hydrogens (tertiary/aromatic N) is 1. The highest BCUT2D eigenvalue weighted by Crippen LogP contribution is 2.45. The third-order valence-electron chi connectivity index (χ3n) is 3.89. The van der Waals surface area contributed by atoms with Crippen molar-refractivity contribution < 1.29 is 27.4 Å². The lowest BCUT2D eigenvalue weighted by Crippen LogP contribution is -2.27. The zero-order valence-corrected chi connectivity index (χ0v) is 14.2. The van der Waals surface area contributed by atoms with Gasteiger partial charge in [0.15, 0.2) is 0 Å². The fourth-order valence-corrected chi connectivity index (χ4v) is 2.83. The first-order chi connectivity index (χ1) is 12.3. The molecular formula is C18H17F3N2O3. The maximum absolute atomic E-state index is 13.5. The Morgan fingerprint density at radius 3 is 2.54 bits per heavy atom. The summed E-state index contributed by atoms with van der Waals surface area (Å²) in [6.07, 6.45) is -4.48. The van der Waals surface area contributed by atoms with E-state index in [1.54, 1.807) is 19.9 Å². The molecular weight excluding hydrogens is 349 g/mol. The first-order valence-electron chi connectivity index (χ1n) is 7.90. The molecule has 0 aromatic heterocycles. The van der Waals surface area contributed by atoms with Crippen molar-refractivity contribution in [1.29, 1.82) is 5.26 Å². The van der Waals surface area contributed by atoms with Crippen molar-refractivity contribution in [1.82, 2.24) is 0 Å². The molecule has 1 aromatic rings. The van der Waals surface area contributed by atoms with Crippen LogP contribution in [0.4, 0.5) is 13.2 Å². The summed E-state index contributed by atoms with van der Waals surface area (Å²) in [4.78, 5) is 12.5. The van der Waals surface area contributed by atoms with E-state index in [1.807, 2.05) is 0 Å². The fraction of sp³-hybridized carbons (Fsp3) is 0.333. The third kappa shape index (κ3) is 3.52. The van der Waals surface area contributed by atoms with Gasteiger partial charge in [0.2, 0.25) is 5.88 Å². The minimum Gasteiger partial charge on any atom is -0.463 e. The van der Waals surface area contributed by atoms with Crippen LogP contribution in [0.15, 0.2) is 47.1 Å². The van der Waals surface area contributed by atoms with E-state index in [1.165, 1.54) is 18.2 Å². The number of hydrogen-bond donors (Lipinski definition) is 1. The molecule has 0 amide bonds. The number of nitrogens with two attached hydrogens (primary N) is 1. The fourth-order valence-electron chi connectivity index (χ4n) is 2.83. The van der Waals surface area contributed by atoms with E-state index in [2.05, 4.69) is 0 Å². The average Bonchev–Trinajstić information content (AvgIpc) is 2.60. The van der Waals surface area contributed by atoms with Gasteiger partial charge in [-0.15, -0.1) is 0 Å². The quantitative estimate of drug-likeness (QED) is 0.821. The number of allylic oxidation sites excluding steroid dienone is 2. The van der Waals surface area contributed by atoms with Crippen molar-refractivity contribution in [2.75, 3.05) is 6.61 Å². The van der Waals surface area contributed by atoms with Gasteiger partial charge in [-0.05, 0) is 18.6 Å². The minimum absolute atomic E-state index is 0.0219. The van der Waals surface area contributed by atoms with E-state index in [-0.39, 0.29) is 41.4 Å². The summed E-state index contributed by atoms with van der Waals surface area (Å²) >= 11 is 0. The Balaban J connectivity index is 2.79. The molecule has 0 saturated heterocycles. The molecule has 2 N–H and O–H groups in total. The zero-order chi connectivity index (χ0) is 19.5. The summed E-state index contributed by atoms with van der Waals surface area (Å²) < 4.78 is 50.8. The summed E-state index contributed by atoms with van der Waals surface area (Å²) in [5.74, 6) is -2.39. The lowest BCUT2D eigenvalue weighted by atomic mass is 9.80. The molecule has 1 aliphatic heterocycles. The van der Waals surface area contributed by atoms with E-state index in [0.29, 0.717) is 0 Å². The Hall–Kier alpha value is -2.95. The molecule has 8 heteroatoms. The molecule has 0 aliphatic carbocycles. The molecule has 0 fully saturated rings. The van der Waals surface area contributed by atoms with E-state index >= 15 is 0 Å². The van der Waals surface area contributed by atoms with Crippen molar-refractivity contribution in [2.45, 2.75) is 32.4 Å². The van der Waals surface area contributed by atoms with Crippen LogP contribution in [0.5, 0.6) is 0 Å². The highest BCUT2D eigenvalue weighted by Gasteiger charge is 2.42. The lowest BCUT2D eigenvalue weighted by molar-refractivity contribution is -0.140. The average molecular weight is 366 g/mol. The van der Waals surface area contributed by atoms with Crippen molar-refractivity contribution in [3.8, 4) is 6.07 Å². The lowest BCUT2D eigenvalue weighted by Gasteiger charge is -2.29. The largest absolute Gasteiger partial charge is 0.463 e. The normalized spacial score (nSPS) is 17.6. The van der Waals surface area contributed by atoms with Gasteiger partial charge in [-0.1, -0.05) is 25.1 Å². The van der Waals surface area contributed by atoms with Crippen LogP contribution < -0.4 is 5.73 Å². The Labute approximate surface area is 148 Å². The SMILES string of the molecule is CCOC(=O)C1=C(CC)OC(N)=C(C#N)[C@H]1c1ccccc1C(F)(F)F. The molecule has 0 spiro atoms. The maximum atomic E-state index is 13.5. The highest BCUT2D eigenvalue weighted by atomic mass is 19.4. The summed E-state index contributed by atoms with van der Waals surface area (Å²) in [6, 6.07) is 6.52. The van der Waals surface area contributed by atoms with E-state index in [0.717, 1.165) is 6.07 Å². The summed E-state index contributed by atoms with van der Waals surface area (Å²) in [5, 5.41) is 9.45.